The Morgan fingerprint density at radius 2 is 2.41 bits per heavy atom. The molecule has 4 heteroatoms. The van der Waals surface area contributed by atoms with Crippen LogP contribution in [0, 0.1) is 11.8 Å². The average Bonchev–Trinajstić information content (AvgIpc) is 2.90. The second-order valence-corrected chi connectivity index (χ2v) is 5.32. The lowest BCUT2D eigenvalue weighted by Gasteiger charge is -2.14. The summed E-state index contributed by atoms with van der Waals surface area (Å²) < 4.78 is 1.77. The van der Waals surface area contributed by atoms with Crippen LogP contribution in [0.2, 0.25) is 0 Å². The second kappa shape index (κ2) is 6.17. The van der Waals surface area contributed by atoms with Gasteiger partial charge >= 0.3 is 0 Å². The van der Waals surface area contributed by atoms with E-state index in [9.17, 15) is 5.11 Å². The van der Waals surface area contributed by atoms with Crippen LogP contribution in [0.1, 0.15) is 26.2 Å². The molecule has 2 rings (SSSR count). The van der Waals surface area contributed by atoms with Crippen molar-refractivity contribution in [3.8, 4) is 0 Å². The van der Waals surface area contributed by atoms with Crippen LogP contribution in [0.5, 0.6) is 0 Å². The third-order valence-corrected chi connectivity index (χ3v) is 3.57. The first-order valence-corrected chi connectivity index (χ1v) is 6.60. The van der Waals surface area contributed by atoms with E-state index < -0.39 is 0 Å². The van der Waals surface area contributed by atoms with Crippen molar-refractivity contribution < 1.29 is 5.11 Å². The molecule has 0 radical (unpaired) electrons. The summed E-state index contributed by atoms with van der Waals surface area (Å²) in [6, 6.07) is 1.88. The molecule has 1 aliphatic carbocycles. The minimum Gasteiger partial charge on any atom is -0.390 e. The van der Waals surface area contributed by atoms with E-state index in [4.69, 9.17) is 0 Å². The van der Waals surface area contributed by atoms with E-state index in [1.165, 1.54) is 19.3 Å². The topological polar surface area (TPSA) is 50.1 Å². The Kier molecular flexibility index (Phi) is 4.57. The van der Waals surface area contributed by atoms with E-state index in [2.05, 4.69) is 17.3 Å². The molecule has 1 aromatic rings. The summed E-state index contributed by atoms with van der Waals surface area (Å²) in [5.74, 6) is 1.69. The van der Waals surface area contributed by atoms with Gasteiger partial charge in [-0.2, -0.15) is 5.10 Å². The van der Waals surface area contributed by atoms with Gasteiger partial charge in [0.25, 0.3) is 0 Å². The first-order valence-electron chi connectivity index (χ1n) is 6.60. The maximum Gasteiger partial charge on any atom is 0.0860 e. The molecule has 1 aliphatic rings. The summed E-state index contributed by atoms with van der Waals surface area (Å²) in [6.45, 7) is 4.60. The van der Waals surface area contributed by atoms with Gasteiger partial charge < -0.3 is 10.4 Å². The average molecular weight is 237 g/mol. The first kappa shape index (κ1) is 12.6. The van der Waals surface area contributed by atoms with Crippen LogP contribution >= 0.6 is 0 Å². The molecule has 1 fully saturated rings. The number of nitrogens with zero attached hydrogens (tertiary/aromatic N) is 2. The molecule has 4 nitrogen and oxygen atoms in total. The molecule has 3 unspecified atom stereocenters. The van der Waals surface area contributed by atoms with Gasteiger partial charge in [-0.15, -0.1) is 0 Å². The van der Waals surface area contributed by atoms with Crippen molar-refractivity contribution in [2.75, 3.05) is 13.1 Å². The molecule has 2 N–H and O–H groups in total. The zero-order valence-electron chi connectivity index (χ0n) is 10.5. The largest absolute Gasteiger partial charge is 0.390 e. The van der Waals surface area contributed by atoms with E-state index in [1.807, 2.05) is 12.3 Å². The molecule has 0 saturated heterocycles. The fourth-order valence-corrected chi connectivity index (χ4v) is 2.65. The molecule has 0 aromatic carbocycles. The van der Waals surface area contributed by atoms with Gasteiger partial charge in [-0.25, -0.2) is 0 Å². The number of aliphatic hydroxyl groups is 1. The van der Waals surface area contributed by atoms with E-state index >= 15 is 0 Å². The second-order valence-electron chi connectivity index (χ2n) is 5.32. The van der Waals surface area contributed by atoms with Gasteiger partial charge in [-0.05, 0) is 37.3 Å². The Morgan fingerprint density at radius 1 is 1.53 bits per heavy atom. The molecular weight excluding hydrogens is 214 g/mol. The smallest absolute Gasteiger partial charge is 0.0860 e. The number of aromatic nitrogens is 2. The number of aliphatic hydroxyl groups excluding tert-OH is 1. The van der Waals surface area contributed by atoms with Gasteiger partial charge in [-0.3, -0.25) is 4.68 Å². The van der Waals surface area contributed by atoms with Gasteiger partial charge in [0, 0.05) is 18.9 Å². The Bertz CT molecular complexity index is 312. The van der Waals surface area contributed by atoms with Gasteiger partial charge in [-0.1, -0.05) is 13.3 Å². The van der Waals surface area contributed by atoms with Crippen LogP contribution in [0.25, 0.3) is 0 Å². The zero-order chi connectivity index (χ0) is 12.1. The Balaban J connectivity index is 1.58. The van der Waals surface area contributed by atoms with Crippen LogP contribution in [-0.2, 0) is 6.54 Å². The molecule has 0 amide bonds. The third kappa shape index (κ3) is 4.13. The van der Waals surface area contributed by atoms with Crippen molar-refractivity contribution in [2.45, 2.75) is 38.8 Å². The van der Waals surface area contributed by atoms with Crippen molar-refractivity contribution in [1.29, 1.82) is 0 Å². The lowest BCUT2D eigenvalue weighted by Crippen LogP contribution is -2.33. The zero-order valence-corrected chi connectivity index (χ0v) is 10.5. The predicted octanol–water partition coefficient (Wildman–Crippen LogP) is 1.27. The third-order valence-electron chi connectivity index (χ3n) is 3.57. The monoisotopic (exact) mass is 237 g/mol. The minimum atomic E-state index is -0.353. The highest BCUT2D eigenvalue weighted by molar-refractivity contribution is 4.79. The number of rotatable bonds is 6. The van der Waals surface area contributed by atoms with Gasteiger partial charge in [0.05, 0.1) is 12.6 Å². The lowest BCUT2D eigenvalue weighted by molar-refractivity contribution is 0.145. The molecule has 0 aliphatic heterocycles. The summed E-state index contributed by atoms with van der Waals surface area (Å²) in [6.07, 6.45) is 7.30. The SMILES string of the molecule is CC1CCC(CNCC(O)Cn2cccn2)C1. The quantitative estimate of drug-likeness (QED) is 0.783. The summed E-state index contributed by atoms with van der Waals surface area (Å²) in [5.41, 5.74) is 0. The Labute approximate surface area is 103 Å². The molecule has 0 spiro atoms. The number of hydrogen-bond acceptors (Lipinski definition) is 3. The van der Waals surface area contributed by atoms with Crippen LogP contribution < -0.4 is 5.32 Å². The molecule has 1 heterocycles. The molecule has 17 heavy (non-hydrogen) atoms. The highest BCUT2D eigenvalue weighted by atomic mass is 16.3. The van der Waals surface area contributed by atoms with Crippen molar-refractivity contribution in [1.82, 2.24) is 15.1 Å². The highest BCUT2D eigenvalue weighted by Gasteiger charge is 2.20. The van der Waals surface area contributed by atoms with Gasteiger partial charge in [0.1, 0.15) is 0 Å². The van der Waals surface area contributed by atoms with E-state index in [-0.39, 0.29) is 6.10 Å². The van der Waals surface area contributed by atoms with Crippen LogP contribution in [0.15, 0.2) is 18.5 Å². The molecule has 3 atom stereocenters. The van der Waals surface area contributed by atoms with Crippen molar-refractivity contribution in [2.24, 2.45) is 11.8 Å². The van der Waals surface area contributed by atoms with Crippen molar-refractivity contribution in [3.63, 3.8) is 0 Å². The van der Waals surface area contributed by atoms with E-state index in [1.54, 1.807) is 10.9 Å². The minimum absolute atomic E-state index is 0.353. The van der Waals surface area contributed by atoms with Gasteiger partial charge in [0.2, 0.25) is 0 Å². The van der Waals surface area contributed by atoms with Crippen LogP contribution in [-0.4, -0.2) is 34.1 Å². The predicted molar refractivity (Wildman–Crippen MR) is 67.6 cm³/mol. The maximum absolute atomic E-state index is 9.82. The molecule has 96 valence electrons. The fraction of sp³-hybridized carbons (Fsp3) is 0.769. The maximum atomic E-state index is 9.82. The van der Waals surface area contributed by atoms with E-state index in [0.29, 0.717) is 13.1 Å². The number of nitrogens with one attached hydrogen (secondary N) is 1. The lowest BCUT2D eigenvalue weighted by atomic mass is 10.1. The normalized spacial score (nSPS) is 26.2. The number of hydrogen-bond donors (Lipinski definition) is 2. The van der Waals surface area contributed by atoms with E-state index in [0.717, 1.165) is 18.4 Å². The summed E-state index contributed by atoms with van der Waals surface area (Å²) in [7, 11) is 0. The summed E-state index contributed by atoms with van der Waals surface area (Å²) in [5, 5.41) is 17.3. The van der Waals surface area contributed by atoms with Crippen molar-refractivity contribution >= 4 is 0 Å². The summed E-state index contributed by atoms with van der Waals surface area (Å²) >= 11 is 0. The van der Waals surface area contributed by atoms with Crippen molar-refractivity contribution in [3.05, 3.63) is 18.5 Å². The molecule has 1 saturated carbocycles. The summed E-state index contributed by atoms with van der Waals surface area (Å²) in [4.78, 5) is 0. The Morgan fingerprint density at radius 3 is 3.06 bits per heavy atom. The first-order chi connectivity index (χ1) is 8.24. The molecule has 0 bridgehead atoms. The molecular formula is C13H23N3O. The van der Waals surface area contributed by atoms with Gasteiger partial charge in [0.15, 0.2) is 0 Å². The fourth-order valence-electron chi connectivity index (χ4n) is 2.65. The Hall–Kier alpha value is -0.870. The van der Waals surface area contributed by atoms with Crippen LogP contribution in [0.3, 0.4) is 0 Å². The highest BCUT2D eigenvalue weighted by Crippen LogP contribution is 2.29. The molecule has 1 aromatic heterocycles. The standard InChI is InChI=1S/C13H23N3O/c1-11-3-4-12(7-11)8-14-9-13(17)10-16-6-2-5-15-16/h2,5-6,11-14,17H,3-4,7-10H2,1H3. The van der Waals surface area contributed by atoms with Crippen LogP contribution in [0.4, 0.5) is 0 Å².